The quantitative estimate of drug-likeness (QED) is 0.804. The lowest BCUT2D eigenvalue weighted by Gasteiger charge is -2.06. The summed E-state index contributed by atoms with van der Waals surface area (Å²) in [7, 11) is 0. The van der Waals surface area contributed by atoms with Crippen LogP contribution in [0, 0.1) is 5.82 Å². The van der Waals surface area contributed by atoms with Crippen molar-refractivity contribution in [2.45, 2.75) is 17.9 Å². The van der Waals surface area contributed by atoms with E-state index in [1.165, 1.54) is 23.9 Å². The number of aliphatic hydroxyl groups is 1. The molecule has 0 aliphatic heterocycles. The first-order chi connectivity index (χ1) is 10.2. The van der Waals surface area contributed by atoms with Gasteiger partial charge in [-0.15, -0.1) is 11.8 Å². The minimum absolute atomic E-state index is 0.0114. The van der Waals surface area contributed by atoms with Gasteiger partial charge < -0.3 is 10.4 Å². The highest BCUT2D eigenvalue weighted by atomic mass is 32.2. The Morgan fingerprint density at radius 2 is 1.76 bits per heavy atom. The molecule has 2 aromatic rings. The molecule has 3 nitrogen and oxygen atoms in total. The van der Waals surface area contributed by atoms with Gasteiger partial charge in [0.1, 0.15) is 5.82 Å². The summed E-state index contributed by atoms with van der Waals surface area (Å²) in [6.45, 7) is -0.0114. The minimum atomic E-state index is -0.261. The molecule has 0 spiro atoms. The number of amides is 1. The zero-order chi connectivity index (χ0) is 15.1. The molecule has 2 rings (SSSR count). The molecule has 0 aliphatic carbocycles. The van der Waals surface area contributed by atoms with Crippen molar-refractivity contribution in [3.8, 4) is 0 Å². The average Bonchev–Trinajstić information content (AvgIpc) is 2.50. The molecular formula is C16H16FNO2S. The van der Waals surface area contributed by atoms with Crippen LogP contribution in [0.1, 0.15) is 12.0 Å². The van der Waals surface area contributed by atoms with Crippen molar-refractivity contribution in [3.63, 3.8) is 0 Å². The van der Waals surface area contributed by atoms with Crippen molar-refractivity contribution in [1.82, 2.24) is 0 Å². The maximum absolute atomic E-state index is 12.7. The summed E-state index contributed by atoms with van der Waals surface area (Å²) in [6, 6.07) is 13.3. The lowest BCUT2D eigenvalue weighted by molar-refractivity contribution is -0.115. The third-order valence-corrected chi connectivity index (χ3v) is 3.85. The Kier molecular flexibility index (Phi) is 5.78. The molecule has 0 radical (unpaired) electrons. The standard InChI is InChI=1S/C16H16FNO2S/c17-13-3-7-15(8-4-13)21-10-9-16(20)18-14-5-1-12(11-19)2-6-14/h1-8,19H,9-11H2,(H,18,20). The Hall–Kier alpha value is -1.85. The van der Waals surface area contributed by atoms with Crippen molar-refractivity contribution in [2.24, 2.45) is 0 Å². The smallest absolute Gasteiger partial charge is 0.225 e. The number of nitrogens with one attached hydrogen (secondary N) is 1. The SMILES string of the molecule is O=C(CCSc1ccc(F)cc1)Nc1ccc(CO)cc1. The molecule has 0 saturated carbocycles. The van der Waals surface area contributed by atoms with Crippen LogP contribution in [-0.4, -0.2) is 16.8 Å². The second-order valence-electron chi connectivity index (χ2n) is 4.46. The summed E-state index contributed by atoms with van der Waals surface area (Å²) in [5, 5.41) is 11.7. The average molecular weight is 305 g/mol. The van der Waals surface area contributed by atoms with Crippen LogP contribution in [0.4, 0.5) is 10.1 Å². The van der Waals surface area contributed by atoms with Gasteiger partial charge in [0, 0.05) is 22.8 Å². The molecule has 0 fully saturated rings. The van der Waals surface area contributed by atoms with E-state index in [9.17, 15) is 9.18 Å². The number of carbonyl (C=O) groups is 1. The molecule has 2 N–H and O–H groups in total. The van der Waals surface area contributed by atoms with Crippen molar-refractivity contribution < 1.29 is 14.3 Å². The summed E-state index contributed by atoms with van der Waals surface area (Å²) in [5.41, 5.74) is 1.52. The zero-order valence-electron chi connectivity index (χ0n) is 11.4. The van der Waals surface area contributed by atoms with Gasteiger partial charge in [0.2, 0.25) is 5.91 Å². The van der Waals surface area contributed by atoms with Crippen molar-refractivity contribution in [2.75, 3.05) is 11.1 Å². The Balaban J connectivity index is 1.75. The fourth-order valence-corrected chi connectivity index (χ4v) is 2.56. The molecule has 110 valence electrons. The molecule has 2 aromatic carbocycles. The van der Waals surface area contributed by atoms with Crippen LogP contribution in [0.25, 0.3) is 0 Å². The van der Waals surface area contributed by atoms with E-state index in [1.807, 2.05) is 0 Å². The maximum atomic E-state index is 12.7. The van der Waals surface area contributed by atoms with Gasteiger partial charge >= 0.3 is 0 Å². The number of carbonyl (C=O) groups excluding carboxylic acids is 1. The molecule has 0 aromatic heterocycles. The molecule has 0 bridgehead atoms. The van der Waals surface area contributed by atoms with E-state index < -0.39 is 0 Å². The normalized spacial score (nSPS) is 10.4. The van der Waals surface area contributed by atoms with Crippen molar-refractivity contribution >= 4 is 23.4 Å². The minimum Gasteiger partial charge on any atom is -0.392 e. The Bertz CT molecular complexity index is 584. The number of benzene rings is 2. The first-order valence-electron chi connectivity index (χ1n) is 6.55. The topological polar surface area (TPSA) is 49.3 Å². The summed E-state index contributed by atoms with van der Waals surface area (Å²) in [6.07, 6.45) is 0.379. The van der Waals surface area contributed by atoms with Gasteiger partial charge in [-0.3, -0.25) is 4.79 Å². The highest BCUT2D eigenvalue weighted by Crippen LogP contribution is 2.19. The van der Waals surface area contributed by atoms with Gasteiger partial charge in [0.25, 0.3) is 0 Å². The highest BCUT2D eigenvalue weighted by molar-refractivity contribution is 7.99. The summed E-state index contributed by atoms with van der Waals surface area (Å²) in [4.78, 5) is 12.7. The summed E-state index contributed by atoms with van der Waals surface area (Å²) >= 11 is 1.51. The van der Waals surface area contributed by atoms with Crippen molar-refractivity contribution in [3.05, 3.63) is 59.9 Å². The number of hydrogen-bond donors (Lipinski definition) is 2. The molecule has 0 saturated heterocycles. The van der Waals surface area contributed by atoms with Gasteiger partial charge in [0.05, 0.1) is 6.61 Å². The lowest BCUT2D eigenvalue weighted by Crippen LogP contribution is -2.12. The fourth-order valence-electron chi connectivity index (χ4n) is 1.71. The van der Waals surface area contributed by atoms with Crippen LogP contribution >= 0.6 is 11.8 Å². The number of anilines is 1. The van der Waals surface area contributed by atoms with E-state index in [1.54, 1.807) is 36.4 Å². The number of halogens is 1. The molecule has 21 heavy (non-hydrogen) atoms. The Labute approximate surface area is 127 Å². The largest absolute Gasteiger partial charge is 0.392 e. The van der Waals surface area contributed by atoms with Crippen LogP contribution in [0.2, 0.25) is 0 Å². The molecule has 0 heterocycles. The van der Waals surface area contributed by atoms with Crippen LogP contribution in [-0.2, 0) is 11.4 Å². The summed E-state index contributed by atoms with van der Waals surface area (Å²) < 4.78 is 12.7. The van der Waals surface area contributed by atoms with Gasteiger partial charge in [-0.25, -0.2) is 4.39 Å². The lowest BCUT2D eigenvalue weighted by atomic mass is 10.2. The molecule has 1 amide bonds. The number of rotatable bonds is 6. The van der Waals surface area contributed by atoms with E-state index >= 15 is 0 Å². The van der Waals surface area contributed by atoms with Crippen LogP contribution in [0.3, 0.4) is 0 Å². The third-order valence-electron chi connectivity index (χ3n) is 2.83. The van der Waals surface area contributed by atoms with Gasteiger partial charge in [-0.1, -0.05) is 12.1 Å². The van der Waals surface area contributed by atoms with Gasteiger partial charge in [-0.05, 0) is 42.0 Å². The van der Waals surface area contributed by atoms with E-state index in [0.29, 0.717) is 17.9 Å². The Morgan fingerprint density at radius 1 is 1.10 bits per heavy atom. The van der Waals surface area contributed by atoms with Crippen LogP contribution < -0.4 is 5.32 Å². The van der Waals surface area contributed by atoms with E-state index in [0.717, 1.165) is 10.5 Å². The third kappa shape index (κ3) is 5.21. The maximum Gasteiger partial charge on any atom is 0.225 e. The fraction of sp³-hybridized carbons (Fsp3) is 0.188. The number of aliphatic hydroxyl groups excluding tert-OH is 1. The zero-order valence-corrected chi connectivity index (χ0v) is 12.2. The predicted molar refractivity (Wildman–Crippen MR) is 82.7 cm³/mol. The van der Waals surface area contributed by atoms with Gasteiger partial charge in [-0.2, -0.15) is 0 Å². The molecule has 0 atom stereocenters. The predicted octanol–water partition coefficient (Wildman–Crippen LogP) is 3.44. The van der Waals surface area contributed by atoms with E-state index in [2.05, 4.69) is 5.32 Å². The van der Waals surface area contributed by atoms with Gasteiger partial charge in [0.15, 0.2) is 0 Å². The number of thioether (sulfide) groups is 1. The Morgan fingerprint density at radius 3 is 2.38 bits per heavy atom. The monoisotopic (exact) mass is 305 g/mol. The van der Waals surface area contributed by atoms with Crippen LogP contribution in [0.5, 0.6) is 0 Å². The van der Waals surface area contributed by atoms with E-state index in [-0.39, 0.29) is 18.3 Å². The summed E-state index contributed by atoms with van der Waals surface area (Å²) in [5.74, 6) is 0.302. The molecule has 0 aliphatic rings. The van der Waals surface area contributed by atoms with Crippen LogP contribution in [0.15, 0.2) is 53.4 Å². The highest BCUT2D eigenvalue weighted by Gasteiger charge is 2.03. The molecule has 0 unspecified atom stereocenters. The van der Waals surface area contributed by atoms with Crippen molar-refractivity contribution in [1.29, 1.82) is 0 Å². The molecule has 5 heteroatoms. The first kappa shape index (κ1) is 15.5. The second-order valence-corrected chi connectivity index (χ2v) is 5.62. The van der Waals surface area contributed by atoms with E-state index in [4.69, 9.17) is 5.11 Å². The first-order valence-corrected chi connectivity index (χ1v) is 7.54. The molecular weight excluding hydrogens is 289 g/mol. The second kappa shape index (κ2) is 7.81. The number of hydrogen-bond acceptors (Lipinski definition) is 3.